The lowest BCUT2D eigenvalue weighted by Gasteiger charge is -2.08. The average Bonchev–Trinajstić information content (AvgIpc) is 3.12. The van der Waals surface area contributed by atoms with E-state index in [1.165, 1.54) is 0 Å². The van der Waals surface area contributed by atoms with Crippen molar-refractivity contribution in [2.45, 2.75) is 25.4 Å². The van der Waals surface area contributed by atoms with Crippen LogP contribution < -0.4 is 16.0 Å². The van der Waals surface area contributed by atoms with Gasteiger partial charge in [0.05, 0.1) is 17.3 Å². The molecule has 20 heavy (non-hydrogen) atoms. The van der Waals surface area contributed by atoms with Gasteiger partial charge in [0.1, 0.15) is 5.82 Å². The molecule has 6 nitrogen and oxygen atoms in total. The highest BCUT2D eigenvalue weighted by atomic mass is 16.2. The molecule has 4 N–H and O–H groups in total. The lowest BCUT2D eigenvalue weighted by molar-refractivity contribution is -0.117. The van der Waals surface area contributed by atoms with Crippen LogP contribution in [0.15, 0.2) is 24.5 Å². The van der Waals surface area contributed by atoms with Crippen LogP contribution in [-0.2, 0) is 4.79 Å². The molecular weight excluding hydrogens is 254 g/mol. The Morgan fingerprint density at radius 1 is 1.20 bits per heavy atom. The molecule has 4 rings (SSSR count). The molecule has 1 aromatic carbocycles. The van der Waals surface area contributed by atoms with Gasteiger partial charge in [0, 0.05) is 18.1 Å². The first-order chi connectivity index (χ1) is 9.76. The Morgan fingerprint density at radius 2 is 2.00 bits per heavy atom. The molecule has 0 bridgehead atoms. The number of nitrogens with zero attached hydrogens (tertiary/aromatic N) is 1. The number of carbonyl (C=O) groups is 1. The van der Waals surface area contributed by atoms with Gasteiger partial charge in [0.15, 0.2) is 6.17 Å². The highest BCUT2D eigenvalue weighted by molar-refractivity contribution is 6.04. The number of aromatic nitrogens is 2. The van der Waals surface area contributed by atoms with E-state index >= 15 is 0 Å². The summed E-state index contributed by atoms with van der Waals surface area (Å²) in [6.45, 7) is 2.03. The van der Waals surface area contributed by atoms with E-state index < -0.39 is 0 Å². The van der Waals surface area contributed by atoms with Gasteiger partial charge in [-0.05, 0) is 24.1 Å². The number of amides is 1. The van der Waals surface area contributed by atoms with Crippen molar-refractivity contribution < 1.29 is 4.79 Å². The predicted octanol–water partition coefficient (Wildman–Crippen LogP) is 2.39. The van der Waals surface area contributed by atoms with Crippen molar-refractivity contribution in [2.24, 2.45) is 0 Å². The lowest BCUT2D eigenvalue weighted by atomic mass is 9.97. The van der Waals surface area contributed by atoms with Gasteiger partial charge in [0.25, 0.3) is 0 Å². The van der Waals surface area contributed by atoms with Crippen molar-refractivity contribution in [1.29, 1.82) is 0 Å². The average molecular weight is 269 g/mol. The fourth-order valence-corrected chi connectivity index (χ4v) is 2.94. The Labute approximate surface area is 116 Å². The van der Waals surface area contributed by atoms with Gasteiger partial charge < -0.3 is 20.9 Å². The molecule has 1 aromatic heterocycles. The van der Waals surface area contributed by atoms with E-state index in [-0.39, 0.29) is 18.0 Å². The Kier molecular flexibility index (Phi) is 2.26. The SMILES string of the molecule is CCC1C(=O)Nc2cc3c(cc21)NC(c1ncc[nH]1)N3. The van der Waals surface area contributed by atoms with Gasteiger partial charge in [0.2, 0.25) is 5.91 Å². The summed E-state index contributed by atoms with van der Waals surface area (Å²) in [4.78, 5) is 19.2. The zero-order valence-corrected chi connectivity index (χ0v) is 11.0. The minimum atomic E-state index is -0.0571. The van der Waals surface area contributed by atoms with E-state index in [1.807, 2.05) is 13.0 Å². The van der Waals surface area contributed by atoms with Crippen molar-refractivity contribution in [3.05, 3.63) is 35.9 Å². The molecule has 2 aromatic rings. The number of hydrogen-bond acceptors (Lipinski definition) is 4. The number of nitrogens with one attached hydrogen (secondary N) is 4. The first-order valence-electron chi connectivity index (χ1n) is 6.77. The van der Waals surface area contributed by atoms with Crippen molar-refractivity contribution in [3.63, 3.8) is 0 Å². The topological polar surface area (TPSA) is 81.8 Å². The fourth-order valence-electron chi connectivity index (χ4n) is 2.94. The minimum absolute atomic E-state index is 0.0419. The largest absolute Gasteiger partial charge is 0.357 e. The normalized spacial score (nSPS) is 22.8. The number of benzene rings is 1. The van der Waals surface area contributed by atoms with E-state index in [9.17, 15) is 4.79 Å². The summed E-state index contributed by atoms with van der Waals surface area (Å²) in [5.41, 5.74) is 3.99. The van der Waals surface area contributed by atoms with Gasteiger partial charge >= 0.3 is 0 Å². The monoisotopic (exact) mass is 269 g/mol. The fraction of sp³-hybridized carbons (Fsp3) is 0.286. The summed E-state index contributed by atoms with van der Waals surface area (Å²) in [5, 5.41) is 9.69. The highest BCUT2D eigenvalue weighted by Crippen LogP contribution is 2.43. The smallest absolute Gasteiger partial charge is 0.231 e. The molecular formula is C14H15N5O. The molecule has 3 heterocycles. The van der Waals surface area contributed by atoms with Crippen LogP contribution in [0.1, 0.15) is 36.8 Å². The summed E-state index contributed by atoms with van der Waals surface area (Å²) in [7, 11) is 0. The zero-order chi connectivity index (χ0) is 13.7. The molecule has 102 valence electrons. The number of fused-ring (bicyclic) bond motifs is 2. The van der Waals surface area contributed by atoms with E-state index in [1.54, 1.807) is 12.4 Å². The number of H-pyrrole nitrogens is 1. The predicted molar refractivity (Wildman–Crippen MR) is 76.7 cm³/mol. The van der Waals surface area contributed by atoms with Gasteiger partial charge in [-0.3, -0.25) is 4.79 Å². The van der Waals surface area contributed by atoms with Gasteiger partial charge in [-0.15, -0.1) is 0 Å². The van der Waals surface area contributed by atoms with Crippen molar-refractivity contribution in [2.75, 3.05) is 16.0 Å². The zero-order valence-electron chi connectivity index (χ0n) is 11.0. The molecule has 0 fully saturated rings. The lowest BCUT2D eigenvalue weighted by Crippen LogP contribution is -2.14. The number of rotatable bonds is 2. The van der Waals surface area contributed by atoms with E-state index in [4.69, 9.17) is 0 Å². The Hall–Kier alpha value is -2.50. The molecule has 1 amide bonds. The van der Waals surface area contributed by atoms with Gasteiger partial charge in [-0.2, -0.15) is 0 Å². The molecule has 6 heteroatoms. The summed E-state index contributed by atoms with van der Waals surface area (Å²) < 4.78 is 0. The molecule has 0 saturated carbocycles. The van der Waals surface area contributed by atoms with Gasteiger partial charge in [-0.25, -0.2) is 4.98 Å². The van der Waals surface area contributed by atoms with Crippen LogP contribution >= 0.6 is 0 Å². The van der Waals surface area contributed by atoms with Crippen molar-refractivity contribution in [1.82, 2.24) is 9.97 Å². The Bertz CT molecular complexity index is 679. The summed E-state index contributed by atoms with van der Waals surface area (Å²) in [6, 6.07) is 4.06. The number of anilines is 3. The third kappa shape index (κ3) is 1.51. The number of aromatic amines is 1. The van der Waals surface area contributed by atoms with Crippen LogP contribution in [0.2, 0.25) is 0 Å². The van der Waals surface area contributed by atoms with Crippen LogP contribution in [0.5, 0.6) is 0 Å². The standard InChI is InChI=1S/C14H15N5O/c1-2-7-8-5-10-11(6-9(8)19-14(7)20)18-13(17-10)12-15-3-4-16-12/h3-7,13,17-18H,2H2,1H3,(H,15,16)(H,19,20). The summed E-state index contributed by atoms with van der Waals surface area (Å²) >= 11 is 0. The third-order valence-electron chi connectivity index (χ3n) is 3.94. The number of imidazole rings is 1. The molecule has 2 atom stereocenters. The van der Waals surface area contributed by atoms with Gasteiger partial charge in [-0.1, -0.05) is 6.92 Å². The van der Waals surface area contributed by atoms with Crippen molar-refractivity contribution >= 4 is 23.0 Å². The maximum Gasteiger partial charge on any atom is 0.231 e. The highest BCUT2D eigenvalue weighted by Gasteiger charge is 2.32. The summed E-state index contributed by atoms with van der Waals surface area (Å²) in [6.07, 6.45) is 4.29. The Balaban J connectivity index is 1.70. The summed E-state index contributed by atoms with van der Waals surface area (Å²) in [5.74, 6) is 0.894. The second-order valence-corrected chi connectivity index (χ2v) is 5.13. The molecule has 2 aliphatic heterocycles. The molecule has 0 spiro atoms. The van der Waals surface area contributed by atoms with Crippen LogP contribution in [0.3, 0.4) is 0 Å². The second kappa shape index (κ2) is 4.00. The molecule has 2 unspecified atom stereocenters. The molecule has 0 saturated heterocycles. The van der Waals surface area contributed by atoms with E-state index in [0.717, 1.165) is 34.9 Å². The van der Waals surface area contributed by atoms with Crippen LogP contribution in [0.4, 0.5) is 17.1 Å². The Morgan fingerprint density at radius 3 is 2.70 bits per heavy atom. The van der Waals surface area contributed by atoms with Crippen molar-refractivity contribution in [3.8, 4) is 0 Å². The maximum absolute atomic E-state index is 11.9. The van der Waals surface area contributed by atoms with E-state index in [2.05, 4.69) is 32.0 Å². The molecule has 0 radical (unpaired) electrons. The van der Waals surface area contributed by atoms with Crippen LogP contribution in [0.25, 0.3) is 0 Å². The first kappa shape index (κ1) is 11.3. The molecule has 2 aliphatic rings. The second-order valence-electron chi connectivity index (χ2n) is 5.13. The first-order valence-corrected chi connectivity index (χ1v) is 6.77. The van der Waals surface area contributed by atoms with Crippen LogP contribution in [-0.4, -0.2) is 15.9 Å². The molecule has 0 aliphatic carbocycles. The quantitative estimate of drug-likeness (QED) is 0.674. The maximum atomic E-state index is 11.9. The number of carbonyl (C=O) groups excluding carboxylic acids is 1. The van der Waals surface area contributed by atoms with Crippen LogP contribution in [0, 0.1) is 0 Å². The number of hydrogen-bond donors (Lipinski definition) is 4. The third-order valence-corrected chi connectivity index (χ3v) is 3.94. The van der Waals surface area contributed by atoms with E-state index in [0.29, 0.717) is 0 Å². The minimum Gasteiger partial charge on any atom is -0.357 e.